The molecule has 0 aliphatic carbocycles. The van der Waals surface area contributed by atoms with Gasteiger partial charge in [-0.05, 0) is 12.1 Å². The molecule has 0 radical (unpaired) electrons. The fourth-order valence-electron chi connectivity index (χ4n) is 1.60. The Morgan fingerprint density at radius 2 is 1.60 bits per heavy atom. The molecule has 20 heavy (non-hydrogen) atoms. The van der Waals surface area contributed by atoms with Crippen LogP contribution in [0.25, 0.3) is 0 Å². The van der Waals surface area contributed by atoms with Gasteiger partial charge in [-0.3, -0.25) is 0 Å². The molecule has 0 saturated carbocycles. The number of aromatic hydroxyl groups is 1. The van der Waals surface area contributed by atoms with E-state index in [4.69, 9.17) is 4.74 Å². The van der Waals surface area contributed by atoms with Crippen LogP contribution in [-0.2, 0) is 4.74 Å². The number of carbonyl (C=O) groups is 1. The third kappa shape index (κ3) is 3.23. The van der Waals surface area contributed by atoms with Crippen LogP contribution in [0.4, 0.5) is 8.78 Å². The third-order valence-corrected chi connectivity index (χ3v) is 2.38. The Bertz CT molecular complexity index is 635. The van der Waals surface area contributed by atoms with Gasteiger partial charge in [-0.25, -0.2) is 13.6 Å². The first kappa shape index (κ1) is 13.8. The van der Waals surface area contributed by atoms with Crippen molar-refractivity contribution in [1.82, 2.24) is 0 Å². The summed E-state index contributed by atoms with van der Waals surface area (Å²) in [7, 11) is 1.19. The number of carbonyl (C=O) groups excluding carboxylic acids is 1. The molecule has 0 aliphatic heterocycles. The minimum Gasteiger partial charge on any atom is -0.508 e. The molecule has 0 fully saturated rings. The molecule has 0 saturated heterocycles. The largest absolute Gasteiger partial charge is 0.508 e. The highest BCUT2D eigenvalue weighted by Gasteiger charge is 2.10. The highest BCUT2D eigenvalue weighted by molar-refractivity contribution is 5.90. The van der Waals surface area contributed by atoms with Gasteiger partial charge in [0.2, 0.25) is 0 Å². The van der Waals surface area contributed by atoms with Crippen molar-refractivity contribution in [3.63, 3.8) is 0 Å². The van der Waals surface area contributed by atoms with Crippen molar-refractivity contribution in [2.24, 2.45) is 0 Å². The van der Waals surface area contributed by atoms with Crippen molar-refractivity contribution < 1.29 is 28.2 Å². The zero-order chi connectivity index (χ0) is 14.7. The van der Waals surface area contributed by atoms with Crippen LogP contribution >= 0.6 is 0 Å². The minimum atomic E-state index is -0.798. The van der Waals surface area contributed by atoms with Crippen molar-refractivity contribution in [3.8, 4) is 17.2 Å². The SMILES string of the molecule is COC(=O)c1cc(O)cc(Oc2cc(F)cc(F)c2)c1. The Balaban J connectivity index is 2.33. The van der Waals surface area contributed by atoms with E-state index in [-0.39, 0.29) is 22.8 Å². The van der Waals surface area contributed by atoms with Gasteiger partial charge in [0.05, 0.1) is 12.7 Å². The van der Waals surface area contributed by atoms with Gasteiger partial charge in [0.15, 0.2) is 0 Å². The number of rotatable bonds is 3. The maximum atomic E-state index is 13.0. The van der Waals surface area contributed by atoms with Crippen molar-refractivity contribution in [1.29, 1.82) is 0 Å². The number of hydrogen-bond donors (Lipinski definition) is 1. The number of benzene rings is 2. The van der Waals surface area contributed by atoms with E-state index in [1.165, 1.54) is 25.3 Å². The Morgan fingerprint density at radius 1 is 1.00 bits per heavy atom. The number of phenolic OH excluding ortho intramolecular Hbond substituents is 1. The lowest BCUT2D eigenvalue weighted by atomic mass is 10.2. The quantitative estimate of drug-likeness (QED) is 0.877. The van der Waals surface area contributed by atoms with E-state index in [9.17, 15) is 18.7 Å². The summed E-state index contributed by atoms with van der Waals surface area (Å²) in [6.07, 6.45) is 0. The molecule has 0 atom stereocenters. The zero-order valence-electron chi connectivity index (χ0n) is 10.4. The Labute approximate surface area is 113 Å². The molecule has 0 heterocycles. The van der Waals surface area contributed by atoms with E-state index in [1.54, 1.807) is 0 Å². The maximum absolute atomic E-state index is 13.0. The molecular weight excluding hydrogens is 270 g/mol. The molecule has 0 amide bonds. The van der Waals surface area contributed by atoms with Crippen molar-refractivity contribution in [2.45, 2.75) is 0 Å². The van der Waals surface area contributed by atoms with Crippen LogP contribution in [0, 0.1) is 11.6 Å². The number of esters is 1. The first-order chi connectivity index (χ1) is 9.47. The second kappa shape index (κ2) is 5.56. The normalized spacial score (nSPS) is 10.2. The lowest BCUT2D eigenvalue weighted by Gasteiger charge is -2.08. The van der Waals surface area contributed by atoms with Gasteiger partial charge in [0.1, 0.15) is 28.9 Å². The molecule has 0 bridgehead atoms. The van der Waals surface area contributed by atoms with Gasteiger partial charge in [-0.15, -0.1) is 0 Å². The number of hydrogen-bond acceptors (Lipinski definition) is 4. The third-order valence-electron chi connectivity index (χ3n) is 2.38. The predicted octanol–water partition coefficient (Wildman–Crippen LogP) is 3.25. The fraction of sp³-hybridized carbons (Fsp3) is 0.0714. The number of ether oxygens (including phenoxy) is 2. The van der Waals surface area contributed by atoms with E-state index in [0.29, 0.717) is 6.07 Å². The molecule has 2 aromatic rings. The highest BCUT2D eigenvalue weighted by atomic mass is 19.1. The molecule has 6 heteroatoms. The van der Waals surface area contributed by atoms with Crippen LogP contribution in [0.1, 0.15) is 10.4 Å². The summed E-state index contributed by atoms with van der Waals surface area (Å²) in [5.74, 6) is -2.54. The van der Waals surface area contributed by atoms with Gasteiger partial charge in [-0.1, -0.05) is 0 Å². The molecule has 0 spiro atoms. The molecule has 2 aromatic carbocycles. The van der Waals surface area contributed by atoms with E-state index >= 15 is 0 Å². The van der Waals surface area contributed by atoms with Crippen LogP contribution in [0.2, 0.25) is 0 Å². The molecule has 104 valence electrons. The van der Waals surface area contributed by atoms with Crippen LogP contribution in [-0.4, -0.2) is 18.2 Å². The summed E-state index contributed by atoms with van der Waals surface area (Å²) < 4.78 is 35.8. The number of phenols is 1. The molecule has 4 nitrogen and oxygen atoms in total. The van der Waals surface area contributed by atoms with E-state index in [0.717, 1.165) is 12.1 Å². The Kier molecular flexibility index (Phi) is 3.84. The lowest BCUT2D eigenvalue weighted by molar-refractivity contribution is 0.0600. The summed E-state index contributed by atoms with van der Waals surface area (Å²) in [6, 6.07) is 6.33. The Hall–Kier alpha value is -2.63. The van der Waals surface area contributed by atoms with Crippen LogP contribution in [0.15, 0.2) is 36.4 Å². The average molecular weight is 280 g/mol. The summed E-state index contributed by atoms with van der Waals surface area (Å²) in [4.78, 5) is 11.4. The van der Waals surface area contributed by atoms with Gasteiger partial charge in [0.25, 0.3) is 0 Å². The Morgan fingerprint density at radius 3 is 2.20 bits per heavy atom. The van der Waals surface area contributed by atoms with E-state index in [1.807, 2.05) is 0 Å². The minimum absolute atomic E-state index is 0.0513. The summed E-state index contributed by atoms with van der Waals surface area (Å²) >= 11 is 0. The molecular formula is C14H10F2O4. The second-order valence-corrected chi connectivity index (χ2v) is 3.91. The van der Waals surface area contributed by atoms with Crippen LogP contribution in [0.3, 0.4) is 0 Å². The zero-order valence-corrected chi connectivity index (χ0v) is 10.4. The van der Waals surface area contributed by atoms with Crippen molar-refractivity contribution in [2.75, 3.05) is 7.11 Å². The van der Waals surface area contributed by atoms with Crippen LogP contribution < -0.4 is 4.74 Å². The van der Waals surface area contributed by atoms with Gasteiger partial charge in [0, 0.05) is 24.3 Å². The van der Waals surface area contributed by atoms with E-state index in [2.05, 4.69) is 4.74 Å². The topological polar surface area (TPSA) is 55.8 Å². The smallest absolute Gasteiger partial charge is 0.338 e. The number of methoxy groups -OCH3 is 1. The van der Waals surface area contributed by atoms with Gasteiger partial charge >= 0.3 is 5.97 Å². The first-order valence-corrected chi connectivity index (χ1v) is 5.54. The monoisotopic (exact) mass is 280 g/mol. The van der Waals surface area contributed by atoms with Crippen molar-refractivity contribution in [3.05, 3.63) is 53.6 Å². The molecule has 0 aromatic heterocycles. The summed E-state index contributed by atoms with van der Waals surface area (Å²) in [5, 5.41) is 9.49. The first-order valence-electron chi connectivity index (χ1n) is 5.54. The number of halogens is 2. The lowest BCUT2D eigenvalue weighted by Crippen LogP contribution is -2.01. The average Bonchev–Trinajstić information content (AvgIpc) is 2.35. The predicted molar refractivity (Wildman–Crippen MR) is 65.9 cm³/mol. The van der Waals surface area contributed by atoms with Gasteiger partial charge in [-0.2, -0.15) is 0 Å². The van der Waals surface area contributed by atoms with E-state index < -0.39 is 17.6 Å². The van der Waals surface area contributed by atoms with Crippen LogP contribution in [0.5, 0.6) is 17.2 Å². The highest BCUT2D eigenvalue weighted by Crippen LogP contribution is 2.28. The fourth-order valence-corrected chi connectivity index (χ4v) is 1.60. The molecule has 0 aliphatic rings. The second-order valence-electron chi connectivity index (χ2n) is 3.91. The molecule has 1 N–H and O–H groups in total. The maximum Gasteiger partial charge on any atom is 0.338 e. The summed E-state index contributed by atoms with van der Waals surface area (Å²) in [6.45, 7) is 0. The standard InChI is InChI=1S/C14H10F2O4/c1-19-14(18)8-2-11(17)7-12(3-8)20-13-5-9(15)4-10(16)6-13/h2-7,17H,1H3. The van der Waals surface area contributed by atoms with Gasteiger partial charge < -0.3 is 14.6 Å². The van der Waals surface area contributed by atoms with Crippen molar-refractivity contribution >= 4 is 5.97 Å². The molecule has 2 rings (SSSR count). The summed E-state index contributed by atoms with van der Waals surface area (Å²) in [5.41, 5.74) is 0.0550. The molecule has 0 unspecified atom stereocenters.